The Bertz CT molecular complexity index is 242. The quantitative estimate of drug-likeness (QED) is 0.605. The molecule has 0 radical (unpaired) electrons. The van der Waals surface area contributed by atoms with Gasteiger partial charge in [0, 0.05) is 6.42 Å². The lowest BCUT2D eigenvalue weighted by atomic mass is 10.1. The van der Waals surface area contributed by atoms with Crippen molar-refractivity contribution in [1.82, 2.24) is 5.32 Å². The van der Waals surface area contributed by atoms with Gasteiger partial charge in [-0.3, -0.25) is 4.79 Å². The van der Waals surface area contributed by atoms with E-state index in [0.29, 0.717) is 12.3 Å². The number of oxime groups is 1. The molecule has 0 saturated heterocycles. The molecule has 0 fully saturated rings. The van der Waals surface area contributed by atoms with Gasteiger partial charge in [-0.25, -0.2) is 0 Å². The zero-order chi connectivity index (χ0) is 10.1. The smallest absolute Gasteiger partial charge is 0.256 e. The number of amides is 1. The van der Waals surface area contributed by atoms with Crippen molar-refractivity contribution in [1.29, 1.82) is 0 Å². The molecule has 0 spiro atoms. The highest BCUT2D eigenvalue weighted by molar-refractivity contribution is 6.01. The van der Waals surface area contributed by atoms with Crippen molar-refractivity contribution in [3.05, 3.63) is 0 Å². The highest BCUT2D eigenvalue weighted by atomic mass is 16.6. The van der Waals surface area contributed by atoms with E-state index < -0.39 is 11.5 Å². The first-order chi connectivity index (χ1) is 5.89. The molecule has 5 heteroatoms. The van der Waals surface area contributed by atoms with Gasteiger partial charge in [0.1, 0.15) is 11.7 Å². The van der Waals surface area contributed by atoms with E-state index in [0.717, 1.165) is 0 Å². The Morgan fingerprint density at radius 3 is 2.77 bits per heavy atom. The molecule has 0 aromatic rings. The fraction of sp³-hybridized carbons (Fsp3) is 0.750. The van der Waals surface area contributed by atoms with Crippen LogP contribution >= 0.6 is 0 Å². The number of nitrogens with one attached hydrogen (secondary N) is 1. The maximum atomic E-state index is 11.2. The van der Waals surface area contributed by atoms with Crippen LogP contribution in [0, 0.1) is 0 Å². The van der Waals surface area contributed by atoms with Gasteiger partial charge in [-0.1, -0.05) is 5.16 Å². The number of carbonyl (C=O) groups is 1. The lowest BCUT2D eigenvalue weighted by Gasteiger charge is -2.15. The Morgan fingerprint density at radius 2 is 2.38 bits per heavy atom. The summed E-state index contributed by atoms with van der Waals surface area (Å²) in [7, 11) is 0. The van der Waals surface area contributed by atoms with Gasteiger partial charge in [-0.05, 0) is 20.8 Å². The lowest BCUT2D eigenvalue weighted by molar-refractivity contribution is -0.134. The molecule has 1 aliphatic rings. The van der Waals surface area contributed by atoms with Crippen molar-refractivity contribution in [2.75, 3.05) is 0 Å². The molecule has 1 heterocycles. The number of hydrogen-bond acceptors (Lipinski definition) is 4. The second kappa shape index (κ2) is 3.33. The van der Waals surface area contributed by atoms with Crippen LogP contribution in [0.2, 0.25) is 0 Å². The van der Waals surface area contributed by atoms with Crippen LogP contribution in [0.25, 0.3) is 0 Å². The first-order valence-electron chi connectivity index (χ1n) is 4.16. The van der Waals surface area contributed by atoms with Crippen LogP contribution in [0.3, 0.4) is 0 Å². The van der Waals surface area contributed by atoms with Crippen LogP contribution in [0.1, 0.15) is 27.2 Å². The molecule has 0 aromatic carbocycles. The molecular weight excluding hydrogens is 172 g/mol. The zero-order valence-corrected chi connectivity index (χ0v) is 8.00. The maximum Gasteiger partial charge on any atom is 0.256 e. The monoisotopic (exact) mass is 186 g/mol. The van der Waals surface area contributed by atoms with E-state index in [4.69, 9.17) is 4.84 Å². The highest BCUT2D eigenvalue weighted by Gasteiger charge is 2.27. The second-order valence-electron chi connectivity index (χ2n) is 3.67. The summed E-state index contributed by atoms with van der Waals surface area (Å²) in [5.74, 6) is 0.00331. The van der Waals surface area contributed by atoms with Crippen LogP contribution in [0.5, 0.6) is 0 Å². The molecule has 5 nitrogen and oxygen atoms in total. The van der Waals surface area contributed by atoms with Crippen molar-refractivity contribution in [2.45, 2.75) is 38.9 Å². The third-order valence-electron chi connectivity index (χ3n) is 1.64. The first-order valence-corrected chi connectivity index (χ1v) is 4.16. The van der Waals surface area contributed by atoms with E-state index in [9.17, 15) is 9.90 Å². The molecule has 2 N–H and O–H groups in total. The molecule has 0 saturated carbocycles. The van der Waals surface area contributed by atoms with Gasteiger partial charge in [0.25, 0.3) is 5.91 Å². The molecule has 1 unspecified atom stereocenters. The van der Waals surface area contributed by atoms with E-state index in [1.54, 1.807) is 0 Å². The summed E-state index contributed by atoms with van der Waals surface area (Å²) in [6.07, 6.45) is 0.569. The number of carbonyl (C=O) groups excluding carboxylic acids is 1. The average molecular weight is 186 g/mol. The summed E-state index contributed by atoms with van der Waals surface area (Å²) in [4.78, 5) is 16.1. The fourth-order valence-electron chi connectivity index (χ4n) is 0.858. The first kappa shape index (κ1) is 9.98. The summed E-state index contributed by atoms with van der Waals surface area (Å²) < 4.78 is 0. The molecular formula is C8H14N2O3. The minimum Gasteiger partial charge on any atom is -0.391 e. The van der Waals surface area contributed by atoms with E-state index in [-0.39, 0.29) is 6.10 Å². The van der Waals surface area contributed by atoms with Gasteiger partial charge in [0.05, 0.1) is 0 Å². The van der Waals surface area contributed by atoms with Gasteiger partial charge < -0.3 is 15.3 Å². The highest BCUT2D eigenvalue weighted by Crippen LogP contribution is 2.08. The SMILES string of the molecule is CC1CC(NC(=O)C(C)(C)O)=NO1. The molecule has 1 atom stereocenters. The van der Waals surface area contributed by atoms with Gasteiger partial charge in [0.2, 0.25) is 0 Å². The fourth-order valence-corrected chi connectivity index (χ4v) is 0.858. The second-order valence-corrected chi connectivity index (χ2v) is 3.67. The summed E-state index contributed by atoms with van der Waals surface area (Å²) in [5, 5.41) is 15.4. The molecule has 0 aliphatic carbocycles. The largest absolute Gasteiger partial charge is 0.391 e. The number of aliphatic hydroxyl groups is 1. The molecule has 0 bridgehead atoms. The minimum absolute atomic E-state index is 0.00268. The van der Waals surface area contributed by atoms with E-state index in [2.05, 4.69) is 10.5 Å². The Labute approximate surface area is 76.8 Å². The molecule has 13 heavy (non-hydrogen) atoms. The number of rotatable bonds is 1. The number of nitrogens with zero attached hydrogens (tertiary/aromatic N) is 1. The summed E-state index contributed by atoms with van der Waals surface area (Å²) in [5.41, 5.74) is -1.38. The van der Waals surface area contributed by atoms with Crippen LogP contribution in [-0.4, -0.2) is 28.6 Å². The van der Waals surface area contributed by atoms with Gasteiger partial charge in [-0.15, -0.1) is 0 Å². The third-order valence-corrected chi connectivity index (χ3v) is 1.64. The van der Waals surface area contributed by atoms with Gasteiger partial charge in [0.15, 0.2) is 5.84 Å². The van der Waals surface area contributed by atoms with Gasteiger partial charge in [-0.2, -0.15) is 0 Å². The van der Waals surface area contributed by atoms with Crippen LogP contribution in [0.15, 0.2) is 5.16 Å². The number of hydrogen-bond donors (Lipinski definition) is 2. The summed E-state index contributed by atoms with van der Waals surface area (Å²) in [6, 6.07) is 0. The third kappa shape index (κ3) is 2.69. The molecule has 74 valence electrons. The van der Waals surface area contributed by atoms with Crippen LogP contribution in [0.4, 0.5) is 0 Å². The molecule has 0 aromatic heterocycles. The Kier molecular flexibility index (Phi) is 2.56. The standard InChI is InChI=1S/C8H14N2O3/c1-5-4-6(10-13-5)9-7(11)8(2,3)12/h5,12H,4H2,1-3H3,(H,9,10,11). The molecule has 1 amide bonds. The van der Waals surface area contributed by atoms with Crippen LogP contribution < -0.4 is 5.32 Å². The van der Waals surface area contributed by atoms with Crippen LogP contribution in [-0.2, 0) is 9.63 Å². The predicted molar refractivity (Wildman–Crippen MR) is 47.0 cm³/mol. The molecule has 1 aliphatic heterocycles. The average Bonchev–Trinajstić information content (AvgIpc) is 2.33. The van der Waals surface area contributed by atoms with Crippen molar-refractivity contribution in [3.63, 3.8) is 0 Å². The summed E-state index contributed by atoms with van der Waals surface area (Å²) >= 11 is 0. The lowest BCUT2D eigenvalue weighted by Crippen LogP contribution is -2.44. The topological polar surface area (TPSA) is 70.9 Å². The summed E-state index contributed by atoms with van der Waals surface area (Å²) in [6.45, 7) is 4.69. The normalized spacial score (nSPS) is 22.2. The van der Waals surface area contributed by atoms with Crippen molar-refractivity contribution in [3.8, 4) is 0 Å². The van der Waals surface area contributed by atoms with E-state index >= 15 is 0 Å². The van der Waals surface area contributed by atoms with E-state index in [1.807, 2.05) is 6.92 Å². The Hall–Kier alpha value is -1.10. The Morgan fingerprint density at radius 1 is 1.77 bits per heavy atom. The predicted octanol–water partition coefficient (Wildman–Crippen LogP) is -0.00420. The maximum absolute atomic E-state index is 11.2. The van der Waals surface area contributed by atoms with Crippen molar-refractivity contribution < 1.29 is 14.7 Å². The zero-order valence-electron chi connectivity index (χ0n) is 8.00. The van der Waals surface area contributed by atoms with Gasteiger partial charge >= 0.3 is 0 Å². The van der Waals surface area contributed by atoms with E-state index in [1.165, 1.54) is 13.8 Å². The molecule has 1 rings (SSSR count). The minimum atomic E-state index is -1.38. The number of amidine groups is 1. The Balaban J connectivity index is 2.47. The van der Waals surface area contributed by atoms with Crippen molar-refractivity contribution in [2.24, 2.45) is 5.16 Å². The van der Waals surface area contributed by atoms with Crippen molar-refractivity contribution >= 4 is 11.7 Å².